The van der Waals surface area contributed by atoms with Crippen LogP contribution in [0.5, 0.6) is 5.75 Å². The maximum Gasteiger partial charge on any atom is 0.246 e. The molecule has 1 fully saturated rings. The molecule has 1 aliphatic heterocycles. The van der Waals surface area contributed by atoms with E-state index in [1.54, 1.807) is 7.11 Å². The summed E-state index contributed by atoms with van der Waals surface area (Å²) in [6.07, 6.45) is 0. The van der Waals surface area contributed by atoms with Crippen molar-refractivity contribution in [1.82, 2.24) is 14.4 Å². The maximum absolute atomic E-state index is 14.0. The lowest BCUT2D eigenvalue weighted by atomic mass is 10.1. The lowest BCUT2D eigenvalue weighted by molar-refractivity contribution is 0.166. The number of aromatic nitrogens is 1. The van der Waals surface area contributed by atoms with Crippen molar-refractivity contribution in [2.75, 3.05) is 33.3 Å². The highest BCUT2D eigenvalue weighted by molar-refractivity contribution is 7.89. The van der Waals surface area contributed by atoms with Crippen molar-refractivity contribution in [1.29, 1.82) is 0 Å². The van der Waals surface area contributed by atoms with Crippen LogP contribution >= 0.6 is 0 Å². The van der Waals surface area contributed by atoms with E-state index in [-0.39, 0.29) is 18.0 Å². The summed E-state index contributed by atoms with van der Waals surface area (Å²) in [4.78, 5) is 1.80. The first-order valence-corrected chi connectivity index (χ1v) is 11.0. The van der Waals surface area contributed by atoms with Crippen LogP contribution in [0.3, 0.4) is 0 Å². The lowest BCUT2D eigenvalue weighted by Crippen LogP contribution is -2.48. The van der Waals surface area contributed by atoms with Gasteiger partial charge in [-0.2, -0.15) is 4.31 Å². The summed E-state index contributed by atoms with van der Waals surface area (Å²) < 4.78 is 51.6. The van der Waals surface area contributed by atoms with Gasteiger partial charge >= 0.3 is 0 Å². The van der Waals surface area contributed by atoms with E-state index >= 15 is 0 Å². The van der Waals surface area contributed by atoms with Gasteiger partial charge in [0.15, 0.2) is 5.76 Å². The van der Waals surface area contributed by atoms with Gasteiger partial charge in [-0.25, -0.2) is 12.8 Å². The van der Waals surface area contributed by atoms with Gasteiger partial charge in [-0.05, 0) is 24.3 Å². The van der Waals surface area contributed by atoms with E-state index in [4.69, 9.17) is 9.26 Å². The molecule has 30 heavy (non-hydrogen) atoms. The van der Waals surface area contributed by atoms with E-state index in [1.807, 2.05) is 30.3 Å². The third kappa shape index (κ3) is 4.09. The zero-order valence-electron chi connectivity index (χ0n) is 16.5. The van der Waals surface area contributed by atoms with Crippen LogP contribution in [0.2, 0.25) is 0 Å². The summed E-state index contributed by atoms with van der Waals surface area (Å²) in [5.74, 6) is 0.663. The molecule has 0 saturated carbocycles. The number of piperazine rings is 1. The first-order chi connectivity index (χ1) is 14.5. The smallest absolute Gasteiger partial charge is 0.246 e. The van der Waals surface area contributed by atoms with Gasteiger partial charge < -0.3 is 9.26 Å². The molecule has 0 amide bonds. The summed E-state index contributed by atoms with van der Waals surface area (Å²) in [5, 5.41) is 4.13. The average Bonchev–Trinajstić information content (AvgIpc) is 3.22. The Hall–Kier alpha value is -2.75. The van der Waals surface area contributed by atoms with Crippen LogP contribution in [0.1, 0.15) is 5.76 Å². The van der Waals surface area contributed by atoms with E-state index in [0.717, 1.165) is 11.6 Å². The van der Waals surface area contributed by atoms with E-state index in [0.29, 0.717) is 36.8 Å². The van der Waals surface area contributed by atoms with Crippen LogP contribution in [0.25, 0.3) is 11.3 Å². The fraction of sp³-hybridized carbons (Fsp3) is 0.286. The molecule has 1 aliphatic rings. The van der Waals surface area contributed by atoms with Crippen molar-refractivity contribution < 1.29 is 22.1 Å². The van der Waals surface area contributed by atoms with Crippen LogP contribution in [0, 0.1) is 5.82 Å². The van der Waals surface area contributed by atoms with Gasteiger partial charge in [-0.3, -0.25) is 4.90 Å². The van der Waals surface area contributed by atoms with E-state index in [9.17, 15) is 12.8 Å². The fourth-order valence-electron chi connectivity index (χ4n) is 3.51. The number of halogens is 1. The molecule has 4 rings (SSSR count). The van der Waals surface area contributed by atoms with E-state index < -0.39 is 15.8 Å². The summed E-state index contributed by atoms with van der Waals surface area (Å²) >= 11 is 0. The Morgan fingerprint density at radius 3 is 2.50 bits per heavy atom. The quantitative estimate of drug-likeness (QED) is 0.597. The SMILES string of the molecule is COc1ccccc1-c1cc(CN2CCN(S(=O)(=O)c3ccccc3F)CC2)on1. The largest absolute Gasteiger partial charge is 0.496 e. The molecule has 0 spiro atoms. The van der Waals surface area contributed by atoms with Crippen molar-refractivity contribution in [3.63, 3.8) is 0 Å². The second-order valence-electron chi connectivity index (χ2n) is 6.99. The number of hydrogen-bond donors (Lipinski definition) is 0. The van der Waals surface area contributed by atoms with Gasteiger partial charge in [0.25, 0.3) is 0 Å². The predicted molar refractivity (Wildman–Crippen MR) is 109 cm³/mol. The van der Waals surface area contributed by atoms with Crippen molar-refractivity contribution >= 4 is 10.0 Å². The second-order valence-corrected chi connectivity index (χ2v) is 8.90. The average molecular weight is 431 g/mol. The number of ether oxygens (including phenoxy) is 1. The molecular formula is C21H22FN3O4S. The van der Waals surface area contributed by atoms with Gasteiger partial charge in [0.2, 0.25) is 10.0 Å². The number of nitrogens with zero attached hydrogens (tertiary/aromatic N) is 3. The minimum Gasteiger partial charge on any atom is -0.496 e. The molecule has 0 N–H and O–H groups in total. The molecule has 2 heterocycles. The van der Waals surface area contributed by atoms with Gasteiger partial charge in [-0.15, -0.1) is 0 Å². The van der Waals surface area contributed by atoms with Gasteiger partial charge in [0, 0.05) is 37.8 Å². The third-order valence-electron chi connectivity index (χ3n) is 5.11. The Morgan fingerprint density at radius 2 is 1.77 bits per heavy atom. The highest BCUT2D eigenvalue weighted by Crippen LogP contribution is 2.29. The predicted octanol–water partition coefficient (Wildman–Crippen LogP) is 3.00. The Kier molecular flexibility index (Phi) is 5.85. The molecule has 0 radical (unpaired) electrons. The number of hydrogen-bond acceptors (Lipinski definition) is 6. The first kappa shape index (κ1) is 20.5. The number of benzene rings is 2. The molecule has 3 aromatic rings. The standard InChI is InChI=1S/C21H22FN3O4S/c1-28-20-8-4-2-6-17(20)19-14-16(29-23-19)15-24-10-12-25(13-11-24)30(26,27)21-9-5-3-7-18(21)22/h2-9,14H,10-13,15H2,1H3. The maximum atomic E-state index is 14.0. The molecule has 158 valence electrons. The number of rotatable bonds is 6. The third-order valence-corrected chi connectivity index (χ3v) is 7.04. The molecule has 0 unspecified atom stereocenters. The molecule has 7 nitrogen and oxygen atoms in total. The molecule has 1 aromatic heterocycles. The molecule has 9 heteroatoms. The van der Waals surface area contributed by atoms with Gasteiger partial charge in [-0.1, -0.05) is 29.4 Å². The van der Waals surface area contributed by atoms with Crippen molar-refractivity contribution in [3.8, 4) is 17.0 Å². The Bertz CT molecular complexity index is 1120. The summed E-state index contributed by atoms with van der Waals surface area (Å²) in [7, 11) is -2.24. The fourth-order valence-corrected chi connectivity index (χ4v) is 5.00. The van der Waals surface area contributed by atoms with Crippen LogP contribution in [0.4, 0.5) is 4.39 Å². The Labute approximate surface area is 174 Å². The minimum atomic E-state index is -3.85. The summed E-state index contributed by atoms with van der Waals surface area (Å²) in [5.41, 5.74) is 1.53. The Morgan fingerprint density at radius 1 is 1.07 bits per heavy atom. The van der Waals surface area contributed by atoms with Crippen molar-refractivity contribution in [3.05, 3.63) is 66.2 Å². The lowest BCUT2D eigenvalue weighted by Gasteiger charge is -2.33. The first-order valence-electron chi connectivity index (χ1n) is 9.55. The van der Waals surface area contributed by atoms with Gasteiger partial charge in [0.1, 0.15) is 22.2 Å². The minimum absolute atomic E-state index is 0.282. The van der Waals surface area contributed by atoms with Crippen LogP contribution in [-0.4, -0.2) is 56.1 Å². The zero-order chi connectivity index (χ0) is 21.1. The van der Waals surface area contributed by atoms with Crippen LogP contribution in [-0.2, 0) is 16.6 Å². The second kappa shape index (κ2) is 8.55. The molecule has 0 atom stereocenters. The molecule has 1 saturated heterocycles. The topological polar surface area (TPSA) is 75.9 Å². The number of para-hydroxylation sites is 1. The highest BCUT2D eigenvalue weighted by Gasteiger charge is 2.30. The van der Waals surface area contributed by atoms with E-state index in [1.165, 1.54) is 22.5 Å². The molecule has 2 aromatic carbocycles. The molecule has 0 bridgehead atoms. The van der Waals surface area contributed by atoms with E-state index in [2.05, 4.69) is 10.1 Å². The summed E-state index contributed by atoms with van der Waals surface area (Å²) in [6.45, 7) is 2.10. The summed E-state index contributed by atoms with van der Waals surface area (Å²) in [6, 6.07) is 14.9. The van der Waals surface area contributed by atoms with Crippen molar-refractivity contribution in [2.24, 2.45) is 0 Å². The number of sulfonamides is 1. The van der Waals surface area contributed by atoms with Crippen LogP contribution in [0.15, 0.2) is 64.0 Å². The normalized spacial score (nSPS) is 15.9. The molecular weight excluding hydrogens is 409 g/mol. The Balaban J connectivity index is 1.40. The van der Waals surface area contributed by atoms with Crippen molar-refractivity contribution in [2.45, 2.75) is 11.4 Å². The van der Waals surface area contributed by atoms with Gasteiger partial charge in [0.05, 0.1) is 13.7 Å². The van der Waals surface area contributed by atoms with Crippen LogP contribution < -0.4 is 4.74 Å². The monoisotopic (exact) mass is 431 g/mol. The highest BCUT2D eigenvalue weighted by atomic mass is 32.2. The number of methoxy groups -OCH3 is 1. The molecule has 0 aliphatic carbocycles. The zero-order valence-corrected chi connectivity index (χ0v) is 17.3.